The molecule has 1 atom stereocenters. The Bertz CT molecular complexity index is 492. The molecule has 1 saturated carbocycles. The number of rotatable bonds is 6. The molecule has 0 aromatic heterocycles. The van der Waals surface area contributed by atoms with Crippen molar-refractivity contribution < 1.29 is 14.7 Å². The van der Waals surface area contributed by atoms with Crippen LogP contribution in [0.5, 0.6) is 0 Å². The molecule has 0 bridgehead atoms. The number of carbonyl (C=O) groups is 2. The minimum Gasteiger partial charge on any atom is -0.480 e. The molecule has 2 rings (SSSR count). The normalized spacial score (nSPS) is 18.1. The van der Waals surface area contributed by atoms with Crippen LogP contribution in [0.2, 0.25) is 0 Å². The number of carbonyl (C=O) groups excluding carboxylic acids is 1. The van der Waals surface area contributed by atoms with Crippen molar-refractivity contribution in [1.82, 2.24) is 5.32 Å². The molecule has 0 spiro atoms. The summed E-state index contributed by atoms with van der Waals surface area (Å²) >= 11 is 0. The number of hydrogen-bond donors (Lipinski definition) is 2. The van der Waals surface area contributed by atoms with Crippen molar-refractivity contribution >= 4 is 11.9 Å². The lowest BCUT2D eigenvalue weighted by molar-refractivity contribution is -0.143. The molecule has 2 N–H and O–H groups in total. The van der Waals surface area contributed by atoms with Gasteiger partial charge >= 0.3 is 5.97 Å². The van der Waals surface area contributed by atoms with E-state index in [2.05, 4.69) is 5.32 Å². The van der Waals surface area contributed by atoms with Gasteiger partial charge in [-0.3, -0.25) is 4.79 Å². The fraction of sp³-hybridized carbons (Fsp3) is 0.529. The van der Waals surface area contributed by atoms with E-state index in [1.165, 1.54) is 0 Å². The fourth-order valence-corrected chi connectivity index (χ4v) is 3.23. The zero-order valence-electron chi connectivity index (χ0n) is 12.5. The van der Waals surface area contributed by atoms with Crippen molar-refractivity contribution in [3.63, 3.8) is 0 Å². The van der Waals surface area contributed by atoms with E-state index in [1.54, 1.807) is 0 Å². The van der Waals surface area contributed by atoms with Gasteiger partial charge in [-0.05, 0) is 24.8 Å². The van der Waals surface area contributed by atoms with Crippen LogP contribution in [-0.2, 0) is 15.0 Å². The second-order valence-corrected chi connectivity index (χ2v) is 5.81. The molecular weight excluding hydrogens is 266 g/mol. The van der Waals surface area contributed by atoms with Gasteiger partial charge in [0, 0.05) is 0 Å². The Hall–Kier alpha value is -1.84. The number of hydrogen-bond acceptors (Lipinski definition) is 2. The number of amides is 1. The van der Waals surface area contributed by atoms with Crippen molar-refractivity contribution in [2.24, 2.45) is 0 Å². The van der Waals surface area contributed by atoms with Gasteiger partial charge in [-0.25, -0.2) is 4.79 Å². The number of nitrogens with one attached hydrogen (secondary N) is 1. The molecule has 0 heterocycles. The lowest BCUT2D eigenvalue weighted by Crippen LogP contribution is -2.49. The summed E-state index contributed by atoms with van der Waals surface area (Å²) in [5.74, 6) is -1.08. The Labute approximate surface area is 125 Å². The van der Waals surface area contributed by atoms with Gasteiger partial charge in [0.15, 0.2) is 0 Å². The van der Waals surface area contributed by atoms with Crippen LogP contribution < -0.4 is 5.32 Å². The highest BCUT2D eigenvalue weighted by Crippen LogP contribution is 2.41. The van der Waals surface area contributed by atoms with E-state index < -0.39 is 17.4 Å². The topological polar surface area (TPSA) is 66.4 Å². The average Bonchev–Trinajstić information content (AvgIpc) is 2.98. The molecule has 0 unspecified atom stereocenters. The first-order valence-electron chi connectivity index (χ1n) is 7.69. The SMILES string of the molecule is CCC[C@@H](NC(=O)C1(c2ccccc2)CCCC1)C(=O)O. The van der Waals surface area contributed by atoms with Crippen LogP contribution in [0, 0.1) is 0 Å². The summed E-state index contributed by atoms with van der Waals surface area (Å²) in [5.41, 5.74) is 0.448. The molecule has 1 aromatic rings. The number of benzene rings is 1. The van der Waals surface area contributed by atoms with E-state index in [1.807, 2.05) is 37.3 Å². The van der Waals surface area contributed by atoms with Crippen LogP contribution in [0.15, 0.2) is 30.3 Å². The van der Waals surface area contributed by atoms with Crippen molar-refractivity contribution in [3.05, 3.63) is 35.9 Å². The summed E-state index contributed by atoms with van der Waals surface area (Å²) in [6.07, 6.45) is 4.80. The van der Waals surface area contributed by atoms with Crippen LogP contribution in [0.1, 0.15) is 51.0 Å². The summed E-state index contributed by atoms with van der Waals surface area (Å²) < 4.78 is 0. The van der Waals surface area contributed by atoms with E-state index in [0.717, 1.165) is 37.7 Å². The van der Waals surface area contributed by atoms with Gasteiger partial charge in [0.25, 0.3) is 0 Å². The molecule has 1 fully saturated rings. The smallest absolute Gasteiger partial charge is 0.326 e. The number of aliphatic carboxylic acids is 1. The van der Waals surface area contributed by atoms with Gasteiger partial charge in [0.05, 0.1) is 5.41 Å². The van der Waals surface area contributed by atoms with E-state index in [-0.39, 0.29) is 5.91 Å². The van der Waals surface area contributed by atoms with Gasteiger partial charge in [-0.1, -0.05) is 56.5 Å². The average molecular weight is 289 g/mol. The van der Waals surface area contributed by atoms with Crippen molar-refractivity contribution in [3.8, 4) is 0 Å². The van der Waals surface area contributed by atoms with E-state index >= 15 is 0 Å². The third-order valence-electron chi connectivity index (χ3n) is 4.40. The maximum absolute atomic E-state index is 12.8. The molecule has 0 saturated heterocycles. The van der Waals surface area contributed by atoms with Gasteiger partial charge < -0.3 is 10.4 Å². The quantitative estimate of drug-likeness (QED) is 0.846. The molecular formula is C17H23NO3. The van der Waals surface area contributed by atoms with Crippen molar-refractivity contribution in [2.75, 3.05) is 0 Å². The van der Waals surface area contributed by atoms with Gasteiger partial charge in [-0.15, -0.1) is 0 Å². The van der Waals surface area contributed by atoms with E-state index in [4.69, 9.17) is 0 Å². The van der Waals surface area contributed by atoms with E-state index in [0.29, 0.717) is 6.42 Å². The fourth-order valence-electron chi connectivity index (χ4n) is 3.23. The predicted molar refractivity (Wildman–Crippen MR) is 81.1 cm³/mol. The molecule has 0 aliphatic heterocycles. The van der Waals surface area contributed by atoms with Gasteiger partial charge in [-0.2, -0.15) is 0 Å². The molecule has 4 nitrogen and oxygen atoms in total. The molecule has 4 heteroatoms. The lowest BCUT2D eigenvalue weighted by atomic mass is 9.77. The standard InChI is InChI=1S/C17H23NO3/c1-2-8-14(15(19)20)18-16(21)17(11-6-7-12-17)13-9-4-3-5-10-13/h3-5,9-10,14H,2,6-8,11-12H2,1H3,(H,18,21)(H,19,20)/t14-/m1/s1. The highest BCUT2D eigenvalue weighted by molar-refractivity contribution is 5.91. The second kappa shape index (κ2) is 6.74. The summed E-state index contributed by atoms with van der Waals surface area (Å²) in [6, 6.07) is 8.96. The maximum atomic E-state index is 12.8. The van der Waals surface area contributed by atoms with Crippen molar-refractivity contribution in [2.45, 2.75) is 56.9 Å². The van der Waals surface area contributed by atoms with Crippen LogP contribution in [0.3, 0.4) is 0 Å². The van der Waals surface area contributed by atoms with Crippen LogP contribution in [0.25, 0.3) is 0 Å². The minimum atomic E-state index is -0.952. The van der Waals surface area contributed by atoms with Crippen LogP contribution in [-0.4, -0.2) is 23.0 Å². The highest BCUT2D eigenvalue weighted by atomic mass is 16.4. The molecule has 114 valence electrons. The Morgan fingerprint density at radius 1 is 1.24 bits per heavy atom. The first-order chi connectivity index (χ1) is 10.1. The first-order valence-corrected chi connectivity index (χ1v) is 7.69. The maximum Gasteiger partial charge on any atom is 0.326 e. The molecule has 0 radical (unpaired) electrons. The largest absolute Gasteiger partial charge is 0.480 e. The first kappa shape index (κ1) is 15.5. The zero-order valence-corrected chi connectivity index (χ0v) is 12.5. The minimum absolute atomic E-state index is 0.132. The molecule has 1 aromatic carbocycles. The van der Waals surface area contributed by atoms with Crippen molar-refractivity contribution in [1.29, 1.82) is 0 Å². The molecule has 1 aliphatic rings. The Morgan fingerprint density at radius 2 is 1.86 bits per heavy atom. The Kier molecular flexibility index (Phi) is 4.99. The summed E-state index contributed by atoms with van der Waals surface area (Å²) in [6.45, 7) is 1.92. The Morgan fingerprint density at radius 3 is 2.38 bits per heavy atom. The third kappa shape index (κ3) is 3.26. The molecule has 1 aliphatic carbocycles. The second-order valence-electron chi connectivity index (χ2n) is 5.81. The lowest BCUT2D eigenvalue weighted by Gasteiger charge is -2.30. The van der Waals surface area contributed by atoms with Crippen LogP contribution >= 0.6 is 0 Å². The van der Waals surface area contributed by atoms with E-state index in [9.17, 15) is 14.7 Å². The summed E-state index contributed by atoms with van der Waals surface area (Å²) in [4.78, 5) is 24.0. The Balaban J connectivity index is 2.22. The monoisotopic (exact) mass is 289 g/mol. The third-order valence-corrected chi connectivity index (χ3v) is 4.40. The molecule has 1 amide bonds. The predicted octanol–water partition coefficient (Wildman–Crippen LogP) is 2.87. The van der Waals surface area contributed by atoms with Gasteiger partial charge in [0.1, 0.15) is 6.04 Å². The summed E-state index contributed by atoms with van der Waals surface area (Å²) in [7, 11) is 0. The highest BCUT2D eigenvalue weighted by Gasteiger charge is 2.43. The zero-order chi connectivity index (χ0) is 15.3. The van der Waals surface area contributed by atoms with Gasteiger partial charge in [0.2, 0.25) is 5.91 Å². The molecule has 21 heavy (non-hydrogen) atoms. The van der Waals surface area contributed by atoms with Crippen LogP contribution in [0.4, 0.5) is 0 Å². The number of carboxylic acids is 1. The number of carboxylic acid groups (broad SMARTS) is 1. The summed E-state index contributed by atoms with van der Waals surface area (Å²) in [5, 5.41) is 12.0.